The number of pyridine rings is 1. The van der Waals surface area contributed by atoms with E-state index in [1.807, 2.05) is 36.1 Å². The second-order valence-corrected chi connectivity index (χ2v) is 12.7. The van der Waals surface area contributed by atoms with E-state index in [1.54, 1.807) is 4.90 Å². The number of carbonyl (C=O) groups excluding carboxylic acids is 2. The molecular weight excluding hydrogens is 576 g/mol. The molecule has 42 heavy (non-hydrogen) atoms. The SMILES string of the molecule is CC1CCCN(C(=O)C(=O)Nc2cncc3cnn(SF)c23)C1.CC1CCCN(C)CS1.Cn1cc2ccccc2n1. The van der Waals surface area contributed by atoms with Gasteiger partial charge in [0.15, 0.2) is 12.3 Å². The van der Waals surface area contributed by atoms with E-state index in [0.717, 1.165) is 27.7 Å². The highest BCUT2D eigenvalue weighted by atomic mass is 32.2. The fourth-order valence-corrected chi connectivity index (χ4v) is 6.25. The van der Waals surface area contributed by atoms with Crippen molar-refractivity contribution in [2.45, 2.75) is 44.8 Å². The first-order valence-electron chi connectivity index (χ1n) is 14.1. The van der Waals surface area contributed by atoms with Gasteiger partial charge in [-0.1, -0.05) is 32.0 Å². The highest BCUT2D eigenvalue weighted by Crippen LogP contribution is 2.26. The Kier molecular flexibility index (Phi) is 11.6. The van der Waals surface area contributed by atoms with Crippen LogP contribution in [-0.2, 0) is 16.6 Å². The molecule has 3 aromatic heterocycles. The average molecular weight is 615 g/mol. The lowest BCUT2D eigenvalue weighted by Crippen LogP contribution is -2.44. The minimum atomic E-state index is -0.745. The van der Waals surface area contributed by atoms with Crippen LogP contribution in [0.4, 0.5) is 9.57 Å². The number of hydrogen-bond donors (Lipinski definition) is 1. The van der Waals surface area contributed by atoms with E-state index in [1.165, 1.54) is 49.2 Å². The van der Waals surface area contributed by atoms with Crippen LogP contribution in [-0.4, -0.2) is 83.4 Å². The smallest absolute Gasteiger partial charge is 0.314 e. The molecule has 2 saturated heterocycles. The molecule has 0 saturated carbocycles. The average Bonchev–Trinajstić information content (AvgIpc) is 3.53. The zero-order valence-electron chi connectivity index (χ0n) is 24.6. The third-order valence-corrected chi connectivity index (χ3v) is 8.95. The van der Waals surface area contributed by atoms with Crippen LogP contribution in [0.2, 0.25) is 0 Å². The van der Waals surface area contributed by atoms with Crippen LogP contribution >= 0.6 is 24.1 Å². The molecule has 2 aliphatic heterocycles. The van der Waals surface area contributed by atoms with Crippen molar-refractivity contribution in [3.05, 3.63) is 49.1 Å². The molecule has 2 aliphatic rings. The molecule has 2 unspecified atom stereocenters. The standard InChI is InChI=1S/C14H16FN5O2S.C8H8N2.C7H15NS/c1-9-3-2-4-19(8-9)14(22)13(21)18-11-7-16-5-10-6-17-20(23-15)12(10)11;1-10-6-7-4-2-3-5-8(7)9-10;1-7-4-3-5-8(2)6-9-7/h5-7,9H,2-4,8H2,1H3,(H,18,21);2-6H,1H3;7H,3-6H2,1-2H3. The number of nitrogens with one attached hydrogen (secondary N) is 1. The first kappa shape index (κ1) is 31.8. The molecule has 2 atom stereocenters. The molecule has 5 heterocycles. The number of aromatic nitrogens is 5. The normalized spacial score (nSPS) is 19.3. The van der Waals surface area contributed by atoms with Crippen LogP contribution in [0, 0.1) is 5.92 Å². The number of carbonyl (C=O) groups is 2. The maximum atomic E-state index is 12.9. The summed E-state index contributed by atoms with van der Waals surface area (Å²) in [4.78, 5) is 32.4. The van der Waals surface area contributed by atoms with Gasteiger partial charge in [-0.15, -0.1) is 15.6 Å². The maximum absolute atomic E-state index is 12.9. The Morgan fingerprint density at radius 2 is 1.83 bits per heavy atom. The van der Waals surface area contributed by atoms with Crippen molar-refractivity contribution in [2.24, 2.45) is 13.0 Å². The quantitative estimate of drug-likeness (QED) is 0.301. The van der Waals surface area contributed by atoms with Crippen LogP contribution in [0.15, 0.2) is 49.1 Å². The Hall–Kier alpha value is -3.16. The lowest BCUT2D eigenvalue weighted by Gasteiger charge is -2.30. The number of anilines is 1. The summed E-state index contributed by atoms with van der Waals surface area (Å²) in [6, 6.07) is 8.08. The number of fused-ring (bicyclic) bond motifs is 2. The lowest BCUT2D eigenvalue weighted by atomic mass is 10.0. The van der Waals surface area contributed by atoms with E-state index in [2.05, 4.69) is 64.1 Å². The van der Waals surface area contributed by atoms with Crippen LogP contribution < -0.4 is 5.32 Å². The van der Waals surface area contributed by atoms with Gasteiger partial charge in [-0.3, -0.25) is 24.2 Å². The van der Waals surface area contributed by atoms with Gasteiger partial charge in [0.25, 0.3) is 0 Å². The predicted octanol–water partition coefficient (Wildman–Crippen LogP) is 5.37. The molecule has 10 nitrogen and oxygen atoms in total. The summed E-state index contributed by atoms with van der Waals surface area (Å²) in [6.45, 7) is 6.82. The van der Waals surface area contributed by atoms with Crippen molar-refractivity contribution in [1.82, 2.24) is 33.8 Å². The summed E-state index contributed by atoms with van der Waals surface area (Å²) in [6.07, 6.45) is 11.1. The van der Waals surface area contributed by atoms with Gasteiger partial charge in [-0.25, -0.2) is 0 Å². The number of hydrogen-bond acceptors (Lipinski definition) is 8. The summed E-state index contributed by atoms with van der Waals surface area (Å²) < 4.78 is 15.8. The van der Waals surface area contributed by atoms with Gasteiger partial charge < -0.3 is 10.2 Å². The molecule has 0 radical (unpaired) electrons. The number of nitrogens with zero attached hydrogens (tertiary/aromatic N) is 7. The highest BCUT2D eigenvalue weighted by Gasteiger charge is 2.27. The van der Waals surface area contributed by atoms with E-state index in [4.69, 9.17) is 0 Å². The number of rotatable bonds is 2. The third kappa shape index (κ3) is 8.68. The van der Waals surface area contributed by atoms with E-state index in [9.17, 15) is 13.5 Å². The van der Waals surface area contributed by atoms with Crippen LogP contribution in [0.5, 0.6) is 0 Å². The minimum absolute atomic E-state index is 0.0859. The Balaban J connectivity index is 0.000000174. The molecule has 4 aromatic rings. The van der Waals surface area contributed by atoms with E-state index in [0.29, 0.717) is 29.9 Å². The highest BCUT2D eigenvalue weighted by molar-refractivity contribution is 7.99. The molecule has 2 amide bonds. The molecular formula is C29H39FN8O2S2. The largest absolute Gasteiger partial charge is 0.334 e. The number of halogens is 1. The molecule has 226 valence electrons. The third-order valence-electron chi connectivity index (χ3n) is 7.15. The molecule has 6 rings (SSSR count). The molecule has 0 aliphatic carbocycles. The summed E-state index contributed by atoms with van der Waals surface area (Å²) in [5.74, 6) is 0.286. The Labute approximate surface area is 254 Å². The molecule has 0 bridgehead atoms. The Morgan fingerprint density at radius 3 is 2.60 bits per heavy atom. The molecule has 13 heteroatoms. The van der Waals surface area contributed by atoms with Gasteiger partial charge in [-0.05, 0) is 51.3 Å². The topological polar surface area (TPSA) is 101 Å². The second kappa shape index (κ2) is 15.4. The number of likely N-dealkylation sites (tertiary alicyclic amines) is 1. The maximum Gasteiger partial charge on any atom is 0.314 e. The predicted molar refractivity (Wildman–Crippen MR) is 170 cm³/mol. The molecule has 1 N–H and O–H groups in total. The minimum Gasteiger partial charge on any atom is -0.334 e. The summed E-state index contributed by atoms with van der Waals surface area (Å²) in [7, 11) is 4.13. The number of aryl methyl sites for hydroxylation is 1. The van der Waals surface area contributed by atoms with E-state index >= 15 is 0 Å². The first-order chi connectivity index (χ1) is 20.2. The van der Waals surface area contributed by atoms with Gasteiger partial charge in [0, 0.05) is 54.4 Å². The van der Waals surface area contributed by atoms with E-state index < -0.39 is 11.8 Å². The molecule has 1 aromatic carbocycles. The Bertz CT molecular complexity index is 1440. The van der Waals surface area contributed by atoms with Crippen molar-refractivity contribution in [2.75, 3.05) is 37.9 Å². The zero-order valence-corrected chi connectivity index (χ0v) is 26.2. The zero-order chi connectivity index (χ0) is 30.1. The van der Waals surface area contributed by atoms with Gasteiger partial charge in [0.2, 0.25) is 0 Å². The first-order valence-corrected chi connectivity index (χ1v) is 15.9. The van der Waals surface area contributed by atoms with Gasteiger partial charge in [0.05, 0.1) is 23.6 Å². The van der Waals surface area contributed by atoms with Crippen LogP contribution in [0.1, 0.15) is 39.5 Å². The van der Waals surface area contributed by atoms with Crippen molar-refractivity contribution in [3.63, 3.8) is 0 Å². The Morgan fingerprint density at radius 1 is 1.05 bits per heavy atom. The summed E-state index contributed by atoms with van der Waals surface area (Å²) >= 11 is 1.99. The van der Waals surface area contributed by atoms with Gasteiger partial charge in [0.1, 0.15) is 5.52 Å². The van der Waals surface area contributed by atoms with Crippen molar-refractivity contribution >= 4 is 63.4 Å². The van der Waals surface area contributed by atoms with Crippen molar-refractivity contribution in [3.8, 4) is 0 Å². The van der Waals surface area contributed by atoms with E-state index in [-0.39, 0.29) is 18.0 Å². The van der Waals surface area contributed by atoms with Crippen molar-refractivity contribution < 1.29 is 13.5 Å². The monoisotopic (exact) mass is 614 g/mol. The lowest BCUT2D eigenvalue weighted by molar-refractivity contribution is -0.144. The molecule has 2 fully saturated rings. The van der Waals surface area contributed by atoms with Crippen LogP contribution in [0.25, 0.3) is 21.8 Å². The second-order valence-electron chi connectivity index (χ2n) is 10.9. The van der Waals surface area contributed by atoms with Crippen molar-refractivity contribution in [1.29, 1.82) is 0 Å². The number of amides is 2. The van der Waals surface area contributed by atoms with Gasteiger partial charge >= 0.3 is 11.8 Å². The number of piperidine rings is 1. The fraction of sp³-hybridized carbons (Fsp3) is 0.483. The summed E-state index contributed by atoms with van der Waals surface area (Å²) in [5.41, 5.74) is 1.69. The van der Waals surface area contributed by atoms with Gasteiger partial charge in [-0.2, -0.15) is 14.3 Å². The number of thioether (sulfide) groups is 1. The molecule has 0 spiro atoms. The number of benzene rings is 1. The van der Waals surface area contributed by atoms with Crippen LogP contribution in [0.3, 0.4) is 0 Å². The fourth-order valence-electron chi connectivity index (χ4n) is 4.93. The summed E-state index contributed by atoms with van der Waals surface area (Å²) in [5, 5.41) is 13.3.